The molecule has 1 rings (SSSR count). The number of amidine groups is 1. The number of hydrogen-bond acceptors (Lipinski definition) is 1. The van der Waals surface area contributed by atoms with Crippen LogP contribution in [0.1, 0.15) is 20.8 Å². The van der Waals surface area contributed by atoms with Gasteiger partial charge in [0.2, 0.25) is 5.84 Å². The first-order valence-corrected chi connectivity index (χ1v) is 3.84. The molecule has 0 aromatic rings. The van der Waals surface area contributed by atoms with Crippen molar-refractivity contribution in [2.24, 2.45) is 4.99 Å². The van der Waals surface area contributed by atoms with E-state index in [-0.39, 0.29) is 0 Å². The second kappa shape index (κ2) is 2.54. The Morgan fingerprint density at radius 1 is 1.40 bits per heavy atom. The molecule has 0 saturated carbocycles. The van der Waals surface area contributed by atoms with Gasteiger partial charge in [-0.3, -0.25) is 4.48 Å². The lowest BCUT2D eigenvalue weighted by molar-refractivity contribution is -0.782. The molecule has 1 aliphatic heterocycles. The van der Waals surface area contributed by atoms with Crippen LogP contribution < -0.4 is 0 Å². The van der Waals surface area contributed by atoms with Crippen molar-refractivity contribution >= 4 is 5.84 Å². The van der Waals surface area contributed by atoms with Crippen molar-refractivity contribution < 1.29 is 4.48 Å². The summed E-state index contributed by atoms with van der Waals surface area (Å²) >= 11 is 0. The molecule has 0 atom stereocenters. The number of quaternary nitrogens is 1. The molecule has 0 fully saturated rings. The van der Waals surface area contributed by atoms with E-state index in [9.17, 15) is 0 Å². The molecule has 2 nitrogen and oxygen atoms in total. The van der Waals surface area contributed by atoms with Crippen LogP contribution >= 0.6 is 0 Å². The summed E-state index contributed by atoms with van der Waals surface area (Å²) in [7, 11) is 0. The molecule has 0 amide bonds. The number of aliphatic imine (C=N–C) groups is 1. The molecular formula is C8H15N2+. The molecule has 2 heteroatoms. The van der Waals surface area contributed by atoms with Crippen molar-refractivity contribution in [2.75, 3.05) is 13.1 Å². The SMILES string of the molecule is CC[N+]1(CC)C=CN=C1C. The fourth-order valence-corrected chi connectivity index (χ4v) is 1.38. The van der Waals surface area contributed by atoms with Gasteiger partial charge in [-0.15, -0.1) is 0 Å². The topological polar surface area (TPSA) is 12.4 Å². The normalized spacial score (nSPS) is 21.3. The molecular weight excluding hydrogens is 124 g/mol. The lowest BCUT2D eigenvalue weighted by Gasteiger charge is -2.27. The van der Waals surface area contributed by atoms with Gasteiger partial charge in [0, 0.05) is 6.92 Å². The van der Waals surface area contributed by atoms with Gasteiger partial charge in [0.15, 0.2) is 0 Å². The summed E-state index contributed by atoms with van der Waals surface area (Å²) in [6.45, 7) is 8.70. The molecule has 56 valence electrons. The van der Waals surface area contributed by atoms with Crippen LogP contribution in [0.3, 0.4) is 0 Å². The lowest BCUT2D eigenvalue weighted by Crippen LogP contribution is -2.44. The monoisotopic (exact) mass is 139 g/mol. The maximum atomic E-state index is 4.24. The van der Waals surface area contributed by atoms with Crippen LogP contribution in [0.2, 0.25) is 0 Å². The molecule has 10 heavy (non-hydrogen) atoms. The molecule has 0 aliphatic carbocycles. The Morgan fingerprint density at radius 2 is 2.00 bits per heavy atom. The van der Waals surface area contributed by atoms with E-state index in [2.05, 4.69) is 32.0 Å². The highest BCUT2D eigenvalue weighted by Crippen LogP contribution is 2.15. The highest BCUT2D eigenvalue weighted by Gasteiger charge is 2.27. The second-order valence-electron chi connectivity index (χ2n) is 2.64. The minimum atomic E-state index is 0.944. The Kier molecular flexibility index (Phi) is 1.90. The molecule has 0 aromatic carbocycles. The average Bonchev–Trinajstić information content (AvgIpc) is 2.32. The number of rotatable bonds is 2. The van der Waals surface area contributed by atoms with E-state index in [1.54, 1.807) is 0 Å². The third-order valence-corrected chi connectivity index (χ3v) is 2.39. The van der Waals surface area contributed by atoms with Gasteiger partial charge < -0.3 is 0 Å². The molecule has 0 spiro atoms. The van der Waals surface area contributed by atoms with E-state index < -0.39 is 0 Å². The van der Waals surface area contributed by atoms with Gasteiger partial charge >= 0.3 is 0 Å². The molecule has 0 saturated heterocycles. The van der Waals surface area contributed by atoms with Crippen molar-refractivity contribution in [1.29, 1.82) is 0 Å². The zero-order valence-electron chi connectivity index (χ0n) is 6.96. The van der Waals surface area contributed by atoms with Crippen LogP contribution in [0.4, 0.5) is 0 Å². The van der Waals surface area contributed by atoms with Crippen molar-refractivity contribution in [2.45, 2.75) is 20.8 Å². The summed E-state index contributed by atoms with van der Waals surface area (Å²) in [6, 6.07) is 0. The van der Waals surface area contributed by atoms with E-state index in [1.807, 2.05) is 6.20 Å². The lowest BCUT2D eigenvalue weighted by atomic mass is 10.4. The van der Waals surface area contributed by atoms with Crippen LogP contribution in [0.15, 0.2) is 17.4 Å². The highest BCUT2D eigenvalue weighted by atomic mass is 15.4. The fraction of sp³-hybridized carbons (Fsp3) is 0.625. The summed E-state index contributed by atoms with van der Waals surface area (Å²) in [4.78, 5) is 4.24. The van der Waals surface area contributed by atoms with E-state index in [0.29, 0.717) is 0 Å². The quantitative estimate of drug-likeness (QED) is 0.517. The van der Waals surface area contributed by atoms with E-state index in [1.165, 1.54) is 5.84 Å². The molecule has 1 heterocycles. The van der Waals surface area contributed by atoms with Crippen LogP contribution in [-0.4, -0.2) is 23.4 Å². The van der Waals surface area contributed by atoms with E-state index in [0.717, 1.165) is 17.6 Å². The van der Waals surface area contributed by atoms with Gasteiger partial charge in [0.05, 0.1) is 19.3 Å². The minimum Gasteiger partial charge on any atom is -0.252 e. The van der Waals surface area contributed by atoms with Gasteiger partial charge in [-0.2, -0.15) is 0 Å². The fourth-order valence-electron chi connectivity index (χ4n) is 1.38. The van der Waals surface area contributed by atoms with Gasteiger partial charge in [-0.1, -0.05) is 0 Å². The van der Waals surface area contributed by atoms with Crippen LogP contribution in [-0.2, 0) is 0 Å². The van der Waals surface area contributed by atoms with E-state index in [4.69, 9.17) is 0 Å². The van der Waals surface area contributed by atoms with Crippen molar-refractivity contribution in [3.63, 3.8) is 0 Å². The number of hydrogen-bond donors (Lipinski definition) is 0. The number of nitrogens with zero attached hydrogens (tertiary/aromatic N) is 2. The van der Waals surface area contributed by atoms with Gasteiger partial charge in [-0.05, 0) is 13.8 Å². The van der Waals surface area contributed by atoms with Gasteiger partial charge in [0.1, 0.15) is 6.20 Å². The molecule has 0 bridgehead atoms. The van der Waals surface area contributed by atoms with Gasteiger partial charge in [-0.25, -0.2) is 4.99 Å². The van der Waals surface area contributed by atoms with Crippen LogP contribution in [0, 0.1) is 0 Å². The Labute approximate surface area is 62.5 Å². The Bertz CT molecular complexity index is 176. The van der Waals surface area contributed by atoms with Crippen LogP contribution in [0.25, 0.3) is 0 Å². The Hall–Kier alpha value is -0.630. The zero-order valence-corrected chi connectivity index (χ0v) is 6.96. The van der Waals surface area contributed by atoms with Crippen molar-refractivity contribution in [3.8, 4) is 0 Å². The summed E-state index contributed by atoms with van der Waals surface area (Å²) in [5.41, 5.74) is 0. The summed E-state index contributed by atoms with van der Waals surface area (Å²) in [5, 5.41) is 0. The molecule has 0 unspecified atom stereocenters. The Morgan fingerprint density at radius 3 is 2.20 bits per heavy atom. The summed E-state index contributed by atoms with van der Waals surface area (Å²) in [5.74, 6) is 1.21. The zero-order chi connectivity index (χ0) is 7.61. The predicted octanol–water partition coefficient (Wildman–Crippen LogP) is 1.75. The molecule has 0 aromatic heterocycles. The molecule has 0 N–H and O–H groups in total. The maximum Gasteiger partial charge on any atom is 0.204 e. The standard InChI is InChI=1S/C8H15N2/c1-4-10(5-2)7-6-9-8(10)3/h6-7H,4-5H2,1-3H3/q+1. The van der Waals surface area contributed by atoms with E-state index >= 15 is 0 Å². The summed E-state index contributed by atoms with van der Waals surface area (Å²) < 4.78 is 0.944. The third kappa shape index (κ3) is 0.886. The first-order valence-electron chi connectivity index (χ1n) is 3.84. The smallest absolute Gasteiger partial charge is 0.204 e. The average molecular weight is 139 g/mol. The summed E-state index contributed by atoms with van der Waals surface area (Å²) in [6.07, 6.45) is 4.07. The van der Waals surface area contributed by atoms with Crippen LogP contribution in [0.5, 0.6) is 0 Å². The molecule has 1 aliphatic rings. The Balaban J connectivity index is 2.84. The predicted molar refractivity (Wildman–Crippen MR) is 43.6 cm³/mol. The minimum absolute atomic E-state index is 0.944. The maximum absolute atomic E-state index is 4.24. The second-order valence-corrected chi connectivity index (χ2v) is 2.64. The largest absolute Gasteiger partial charge is 0.252 e. The third-order valence-electron chi connectivity index (χ3n) is 2.39. The molecule has 0 radical (unpaired) electrons. The first kappa shape index (κ1) is 7.48. The van der Waals surface area contributed by atoms with Crippen molar-refractivity contribution in [1.82, 2.24) is 0 Å². The van der Waals surface area contributed by atoms with Crippen molar-refractivity contribution in [3.05, 3.63) is 12.4 Å². The highest BCUT2D eigenvalue weighted by molar-refractivity contribution is 5.75. The van der Waals surface area contributed by atoms with Gasteiger partial charge in [0.25, 0.3) is 0 Å². The first-order chi connectivity index (χ1) is 4.75.